The lowest BCUT2D eigenvalue weighted by Gasteiger charge is -2.32. The Hall–Kier alpha value is -0.290. The van der Waals surface area contributed by atoms with Crippen LogP contribution in [0.5, 0.6) is 0 Å². The molecule has 0 N–H and O–H groups in total. The van der Waals surface area contributed by atoms with E-state index in [0.29, 0.717) is 36.2 Å². The van der Waals surface area contributed by atoms with Crippen LogP contribution >= 0.6 is 39.1 Å². The molecule has 0 radical (unpaired) electrons. The molecular formula is C12H12BrCl2NO2. The fraction of sp³-hybridized carbons (Fsp3) is 0.417. The molecule has 6 heteroatoms. The van der Waals surface area contributed by atoms with Gasteiger partial charge in [0.05, 0.1) is 29.2 Å². The highest BCUT2D eigenvalue weighted by atomic mass is 79.9. The van der Waals surface area contributed by atoms with Crippen molar-refractivity contribution in [3.63, 3.8) is 0 Å². The normalized spacial score (nSPS) is 19.9. The van der Waals surface area contributed by atoms with Gasteiger partial charge in [-0.1, -0.05) is 27.5 Å². The molecular weight excluding hydrogens is 341 g/mol. The Morgan fingerprint density at radius 1 is 1.56 bits per heavy atom. The van der Waals surface area contributed by atoms with E-state index in [9.17, 15) is 4.79 Å². The van der Waals surface area contributed by atoms with Crippen LogP contribution < -0.4 is 0 Å². The molecule has 1 aromatic rings. The molecule has 1 aliphatic heterocycles. The van der Waals surface area contributed by atoms with E-state index in [0.717, 1.165) is 4.47 Å². The Balaban J connectivity index is 2.17. The number of benzene rings is 1. The van der Waals surface area contributed by atoms with Crippen molar-refractivity contribution < 1.29 is 9.53 Å². The van der Waals surface area contributed by atoms with Gasteiger partial charge in [-0.05, 0) is 18.2 Å². The summed E-state index contributed by atoms with van der Waals surface area (Å²) in [5.41, 5.74) is 0.501. The zero-order chi connectivity index (χ0) is 13.1. The summed E-state index contributed by atoms with van der Waals surface area (Å²) in [6.07, 6.45) is -0.102. The van der Waals surface area contributed by atoms with Gasteiger partial charge in [-0.3, -0.25) is 4.79 Å². The van der Waals surface area contributed by atoms with E-state index < -0.39 is 0 Å². The molecule has 0 saturated carbocycles. The van der Waals surface area contributed by atoms with Crippen molar-refractivity contribution in [1.82, 2.24) is 4.90 Å². The largest absolute Gasteiger partial charge is 0.373 e. The summed E-state index contributed by atoms with van der Waals surface area (Å²) in [6, 6.07) is 5.24. The molecule has 1 fully saturated rings. The van der Waals surface area contributed by atoms with Gasteiger partial charge in [0.15, 0.2) is 0 Å². The van der Waals surface area contributed by atoms with E-state index in [1.54, 1.807) is 23.1 Å². The van der Waals surface area contributed by atoms with Gasteiger partial charge in [-0.2, -0.15) is 0 Å². The van der Waals surface area contributed by atoms with Gasteiger partial charge in [0, 0.05) is 17.6 Å². The third kappa shape index (κ3) is 3.18. The van der Waals surface area contributed by atoms with Crippen molar-refractivity contribution in [2.75, 3.05) is 25.6 Å². The van der Waals surface area contributed by atoms with E-state index in [1.165, 1.54) is 0 Å². The summed E-state index contributed by atoms with van der Waals surface area (Å²) >= 11 is 15.2. The van der Waals surface area contributed by atoms with Crippen LogP contribution in [0.3, 0.4) is 0 Å². The fourth-order valence-corrected chi connectivity index (χ4v) is 2.58. The monoisotopic (exact) mass is 351 g/mol. The summed E-state index contributed by atoms with van der Waals surface area (Å²) in [6.45, 7) is 1.58. The fourth-order valence-electron chi connectivity index (χ4n) is 1.83. The predicted octanol–water partition coefficient (Wildman–Crippen LogP) is 3.18. The molecule has 0 aromatic heterocycles. The maximum absolute atomic E-state index is 12.4. The average Bonchev–Trinajstić information content (AvgIpc) is 2.41. The first-order chi connectivity index (χ1) is 8.61. The molecule has 1 aromatic carbocycles. The number of carbonyl (C=O) groups excluding carboxylic acids is 1. The van der Waals surface area contributed by atoms with Crippen molar-refractivity contribution in [3.8, 4) is 0 Å². The topological polar surface area (TPSA) is 29.5 Å². The van der Waals surface area contributed by atoms with Gasteiger partial charge in [0.2, 0.25) is 0 Å². The zero-order valence-corrected chi connectivity index (χ0v) is 12.6. The van der Waals surface area contributed by atoms with E-state index in [-0.39, 0.29) is 12.0 Å². The average molecular weight is 353 g/mol. The predicted molar refractivity (Wildman–Crippen MR) is 75.5 cm³/mol. The first-order valence-electron chi connectivity index (χ1n) is 5.53. The summed E-state index contributed by atoms with van der Waals surface area (Å²) in [4.78, 5) is 14.1. The van der Waals surface area contributed by atoms with Crippen LogP contribution in [-0.2, 0) is 4.74 Å². The first-order valence-corrected chi connectivity index (χ1v) is 7.24. The summed E-state index contributed by atoms with van der Waals surface area (Å²) in [7, 11) is 0. The lowest BCUT2D eigenvalue weighted by Crippen LogP contribution is -2.46. The molecule has 1 aliphatic rings. The second-order valence-corrected chi connectivity index (χ2v) is 5.65. The summed E-state index contributed by atoms with van der Waals surface area (Å²) in [5.74, 6) is 0.301. The van der Waals surface area contributed by atoms with Crippen LogP contribution in [0.2, 0.25) is 5.02 Å². The van der Waals surface area contributed by atoms with Crippen LogP contribution in [0.15, 0.2) is 22.7 Å². The van der Waals surface area contributed by atoms with E-state index >= 15 is 0 Å². The standard InChI is InChI=1S/C12H12BrCl2NO2/c13-8-1-2-11(15)10(5-8)12(17)16-3-4-18-9(6-14)7-16/h1-2,5,9H,3-4,6-7H2. The minimum Gasteiger partial charge on any atom is -0.373 e. The van der Waals surface area contributed by atoms with Gasteiger partial charge < -0.3 is 9.64 Å². The van der Waals surface area contributed by atoms with Gasteiger partial charge in [-0.15, -0.1) is 11.6 Å². The minimum absolute atomic E-state index is 0.0836. The number of alkyl halides is 1. The van der Waals surface area contributed by atoms with Gasteiger partial charge in [0.25, 0.3) is 5.91 Å². The van der Waals surface area contributed by atoms with Crippen molar-refractivity contribution in [2.45, 2.75) is 6.10 Å². The SMILES string of the molecule is O=C(c1cc(Br)ccc1Cl)N1CCOC(CCl)C1. The number of rotatable bonds is 2. The number of amides is 1. The quantitative estimate of drug-likeness (QED) is 0.765. The van der Waals surface area contributed by atoms with Crippen LogP contribution in [0, 0.1) is 0 Å². The number of ether oxygens (including phenoxy) is 1. The van der Waals surface area contributed by atoms with Crippen LogP contribution in [0.1, 0.15) is 10.4 Å². The molecule has 2 rings (SSSR count). The number of halogens is 3. The van der Waals surface area contributed by atoms with Gasteiger partial charge >= 0.3 is 0 Å². The van der Waals surface area contributed by atoms with Crippen LogP contribution in [-0.4, -0.2) is 42.5 Å². The number of carbonyl (C=O) groups is 1. The van der Waals surface area contributed by atoms with E-state index in [2.05, 4.69) is 15.9 Å². The van der Waals surface area contributed by atoms with Crippen LogP contribution in [0.25, 0.3) is 0 Å². The number of hydrogen-bond acceptors (Lipinski definition) is 2. The van der Waals surface area contributed by atoms with Crippen LogP contribution in [0.4, 0.5) is 0 Å². The third-order valence-electron chi connectivity index (χ3n) is 2.76. The molecule has 0 spiro atoms. The highest BCUT2D eigenvalue weighted by Crippen LogP contribution is 2.23. The number of hydrogen-bond donors (Lipinski definition) is 0. The smallest absolute Gasteiger partial charge is 0.255 e. The Bertz CT molecular complexity index is 456. The maximum Gasteiger partial charge on any atom is 0.255 e. The minimum atomic E-state index is -0.102. The molecule has 1 amide bonds. The molecule has 1 heterocycles. The maximum atomic E-state index is 12.4. The summed E-state index contributed by atoms with van der Waals surface area (Å²) in [5, 5.41) is 0.456. The van der Waals surface area contributed by atoms with Gasteiger partial charge in [-0.25, -0.2) is 0 Å². The Morgan fingerprint density at radius 3 is 3.06 bits per heavy atom. The third-order valence-corrected chi connectivity index (χ3v) is 3.92. The Kier molecular flexibility index (Phi) is 4.90. The number of nitrogens with zero attached hydrogens (tertiary/aromatic N) is 1. The molecule has 0 bridgehead atoms. The lowest BCUT2D eigenvalue weighted by atomic mass is 10.1. The Labute approximate surface area is 124 Å². The van der Waals surface area contributed by atoms with Gasteiger partial charge in [0.1, 0.15) is 0 Å². The summed E-state index contributed by atoms with van der Waals surface area (Å²) < 4.78 is 6.26. The van der Waals surface area contributed by atoms with E-state index in [1.807, 2.05) is 0 Å². The van der Waals surface area contributed by atoms with Crippen molar-refractivity contribution >= 4 is 45.0 Å². The molecule has 1 atom stereocenters. The molecule has 0 aliphatic carbocycles. The molecule has 98 valence electrons. The molecule has 3 nitrogen and oxygen atoms in total. The lowest BCUT2D eigenvalue weighted by molar-refractivity contribution is -0.0108. The van der Waals surface area contributed by atoms with Crippen molar-refractivity contribution in [3.05, 3.63) is 33.3 Å². The molecule has 1 unspecified atom stereocenters. The van der Waals surface area contributed by atoms with Crippen molar-refractivity contribution in [1.29, 1.82) is 0 Å². The molecule has 18 heavy (non-hydrogen) atoms. The van der Waals surface area contributed by atoms with E-state index in [4.69, 9.17) is 27.9 Å². The highest BCUT2D eigenvalue weighted by Gasteiger charge is 2.25. The first kappa shape index (κ1) is 14.1. The Morgan fingerprint density at radius 2 is 2.33 bits per heavy atom. The number of morpholine rings is 1. The van der Waals surface area contributed by atoms with Crippen molar-refractivity contribution in [2.24, 2.45) is 0 Å². The zero-order valence-electron chi connectivity index (χ0n) is 9.54. The second-order valence-electron chi connectivity index (χ2n) is 4.02. The highest BCUT2D eigenvalue weighted by molar-refractivity contribution is 9.10. The molecule has 1 saturated heterocycles. The second kappa shape index (κ2) is 6.24.